The molecule has 8 heavy (non-hydrogen) atoms. The van der Waals surface area contributed by atoms with Crippen molar-refractivity contribution in [3.8, 4) is 12.3 Å². The molecule has 0 aromatic carbocycles. The van der Waals surface area contributed by atoms with Gasteiger partial charge in [-0.25, -0.2) is 0 Å². The van der Waals surface area contributed by atoms with E-state index in [1.165, 1.54) is 5.57 Å². The molecule has 0 bridgehead atoms. The standard InChI is InChI=1S/C8H12/c1-4-6-8(3)7-5-2/h1,7H,5-6H2,2-3H3. The summed E-state index contributed by atoms with van der Waals surface area (Å²) in [6.45, 7) is 4.17. The second kappa shape index (κ2) is 4.46. The molecule has 0 unspecified atom stereocenters. The Morgan fingerprint density at radius 2 is 2.38 bits per heavy atom. The normalized spacial score (nSPS) is 10.9. The lowest BCUT2D eigenvalue weighted by molar-refractivity contribution is 1.14. The minimum absolute atomic E-state index is 0.799. The molecule has 0 nitrogen and oxygen atoms in total. The molecule has 0 aromatic heterocycles. The van der Waals surface area contributed by atoms with Crippen LogP contribution in [0.3, 0.4) is 0 Å². The third-order valence-corrected chi connectivity index (χ3v) is 0.933. The predicted molar refractivity (Wildman–Crippen MR) is 37.5 cm³/mol. The van der Waals surface area contributed by atoms with Crippen LogP contribution in [0.25, 0.3) is 0 Å². The molecular formula is C8H12. The van der Waals surface area contributed by atoms with E-state index in [0.717, 1.165) is 12.8 Å². The van der Waals surface area contributed by atoms with Gasteiger partial charge < -0.3 is 0 Å². The zero-order chi connectivity index (χ0) is 6.41. The van der Waals surface area contributed by atoms with Gasteiger partial charge in [-0.1, -0.05) is 18.6 Å². The first-order chi connectivity index (χ1) is 3.81. The van der Waals surface area contributed by atoms with Crippen LogP contribution in [0.5, 0.6) is 0 Å². The van der Waals surface area contributed by atoms with Crippen molar-refractivity contribution in [3.05, 3.63) is 11.6 Å². The highest BCUT2D eigenvalue weighted by molar-refractivity contribution is 5.06. The molecule has 0 heterocycles. The smallest absolute Gasteiger partial charge is 0.0293 e. The maximum Gasteiger partial charge on any atom is 0.0293 e. The Kier molecular flexibility index (Phi) is 4.07. The first-order valence-corrected chi connectivity index (χ1v) is 2.90. The molecule has 44 valence electrons. The van der Waals surface area contributed by atoms with Crippen molar-refractivity contribution in [2.24, 2.45) is 0 Å². The SMILES string of the molecule is C#CCC(C)=CCC. The van der Waals surface area contributed by atoms with Crippen molar-refractivity contribution in [1.82, 2.24) is 0 Å². The zero-order valence-electron chi connectivity index (χ0n) is 5.57. The van der Waals surface area contributed by atoms with Gasteiger partial charge in [-0.2, -0.15) is 0 Å². The van der Waals surface area contributed by atoms with E-state index in [1.54, 1.807) is 0 Å². The highest BCUT2D eigenvalue weighted by Crippen LogP contribution is 1.98. The van der Waals surface area contributed by atoms with Crippen LogP contribution < -0.4 is 0 Å². The monoisotopic (exact) mass is 108 g/mol. The summed E-state index contributed by atoms with van der Waals surface area (Å²) >= 11 is 0. The van der Waals surface area contributed by atoms with Crippen molar-refractivity contribution in [3.63, 3.8) is 0 Å². The number of hydrogen-bond acceptors (Lipinski definition) is 0. The zero-order valence-corrected chi connectivity index (χ0v) is 5.57. The summed E-state index contributed by atoms with van der Waals surface area (Å²) in [4.78, 5) is 0. The van der Waals surface area contributed by atoms with Crippen LogP contribution in [-0.2, 0) is 0 Å². The predicted octanol–water partition coefficient (Wildman–Crippen LogP) is 2.37. The molecule has 0 aromatic rings. The fourth-order valence-electron chi connectivity index (χ4n) is 0.582. The van der Waals surface area contributed by atoms with Gasteiger partial charge in [0, 0.05) is 6.42 Å². The molecule has 0 aliphatic heterocycles. The minimum Gasteiger partial charge on any atom is -0.120 e. The molecule has 0 N–H and O–H groups in total. The van der Waals surface area contributed by atoms with Crippen LogP contribution in [0, 0.1) is 12.3 Å². The van der Waals surface area contributed by atoms with Crippen LogP contribution in [0.2, 0.25) is 0 Å². The second-order valence-electron chi connectivity index (χ2n) is 1.84. The van der Waals surface area contributed by atoms with Crippen molar-refractivity contribution >= 4 is 0 Å². The van der Waals surface area contributed by atoms with Gasteiger partial charge >= 0.3 is 0 Å². The Bertz CT molecular complexity index is 112. The molecule has 0 heteroatoms. The van der Waals surface area contributed by atoms with E-state index in [2.05, 4.69) is 25.8 Å². The summed E-state index contributed by atoms with van der Waals surface area (Å²) in [6, 6.07) is 0. The Labute approximate surface area is 51.6 Å². The van der Waals surface area contributed by atoms with E-state index in [-0.39, 0.29) is 0 Å². The quantitative estimate of drug-likeness (QED) is 0.376. The fourth-order valence-corrected chi connectivity index (χ4v) is 0.582. The first kappa shape index (κ1) is 7.30. The number of hydrogen-bond donors (Lipinski definition) is 0. The van der Waals surface area contributed by atoms with Gasteiger partial charge in [0.1, 0.15) is 0 Å². The Hall–Kier alpha value is -0.700. The molecule has 0 radical (unpaired) electrons. The summed E-state index contributed by atoms with van der Waals surface area (Å²) in [7, 11) is 0. The average molecular weight is 108 g/mol. The molecule has 0 amide bonds. The molecule has 0 saturated carbocycles. The van der Waals surface area contributed by atoms with Gasteiger partial charge in [0.05, 0.1) is 0 Å². The topological polar surface area (TPSA) is 0 Å². The highest BCUT2D eigenvalue weighted by atomic mass is 13.8. The van der Waals surface area contributed by atoms with E-state index in [4.69, 9.17) is 6.42 Å². The number of rotatable bonds is 2. The summed E-state index contributed by atoms with van der Waals surface area (Å²) in [5.41, 5.74) is 1.30. The van der Waals surface area contributed by atoms with Crippen LogP contribution in [0.1, 0.15) is 26.7 Å². The van der Waals surface area contributed by atoms with Gasteiger partial charge in [0.2, 0.25) is 0 Å². The molecule has 0 aliphatic carbocycles. The van der Waals surface area contributed by atoms with E-state index in [9.17, 15) is 0 Å². The van der Waals surface area contributed by atoms with E-state index >= 15 is 0 Å². The molecule has 0 atom stereocenters. The largest absolute Gasteiger partial charge is 0.120 e. The Morgan fingerprint density at radius 3 is 2.75 bits per heavy atom. The van der Waals surface area contributed by atoms with E-state index < -0.39 is 0 Å². The third-order valence-electron chi connectivity index (χ3n) is 0.933. The molecule has 0 fully saturated rings. The molecule has 0 spiro atoms. The number of terminal acetylenes is 1. The van der Waals surface area contributed by atoms with Crippen molar-refractivity contribution < 1.29 is 0 Å². The van der Waals surface area contributed by atoms with E-state index in [1.807, 2.05) is 0 Å². The van der Waals surface area contributed by atoms with Gasteiger partial charge in [0.25, 0.3) is 0 Å². The summed E-state index contributed by atoms with van der Waals surface area (Å²) in [6.07, 6.45) is 9.11. The third kappa shape index (κ3) is 3.49. The number of allylic oxidation sites excluding steroid dienone is 2. The maximum atomic E-state index is 5.07. The van der Waals surface area contributed by atoms with Crippen LogP contribution in [0.4, 0.5) is 0 Å². The van der Waals surface area contributed by atoms with Crippen molar-refractivity contribution in [1.29, 1.82) is 0 Å². The first-order valence-electron chi connectivity index (χ1n) is 2.90. The van der Waals surface area contributed by atoms with Crippen LogP contribution >= 0.6 is 0 Å². The Morgan fingerprint density at radius 1 is 1.75 bits per heavy atom. The van der Waals surface area contributed by atoms with Crippen LogP contribution in [0.15, 0.2) is 11.6 Å². The van der Waals surface area contributed by atoms with Gasteiger partial charge in [-0.05, 0) is 13.3 Å². The lowest BCUT2D eigenvalue weighted by Gasteiger charge is -1.88. The summed E-state index contributed by atoms with van der Waals surface area (Å²) < 4.78 is 0. The molecular weight excluding hydrogens is 96.1 g/mol. The lowest BCUT2D eigenvalue weighted by Crippen LogP contribution is -1.70. The molecule has 0 rings (SSSR count). The highest BCUT2D eigenvalue weighted by Gasteiger charge is 1.79. The van der Waals surface area contributed by atoms with Crippen molar-refractivity contribution in [2.75, 3.05) is 0 Å². The van der Waals surface area contributed by atoms with Gasteiger partial charge in [-0.15, -0.1) is 12.3 Å². The van der Waals surface area contributed by atoms with E-state index in [0.29, 0.717) is 0 Å². The molecule has 0 saturated heterocycles. The lowest BCUT2D eigenvalue weighted by atomic mass is 10.2. The summed E-state index contributed by atoms with van der Waals surface area (Å²) in [5, 5.41) is 0. The van der Waals surface area contributed by atoms with Crippen LogP contribution in [-0.4, -0.2) is 0 Å². The fraction of sp³-hybridized carbons (Fsp3) is 0.500. The average Bonchev–Trinajstić information content (AvgIpc) is 1.68. The van der Waals surface area contributed by atoms with Crippen molar-refractivity contribution in [2.45, 2.75) is 26.7 Å². The summed E-state index contributed by atoms with van der Waals surface area (Å²) in [5.74, 6) is 2.58. The van der Waals surface area contributed by atoms with Gasteiger partial charge in [-0.3, -0.25) is 0 Å². The maximum absolute atomic E-state index is 5.07. The molecule has 0 aliphatic rings. The Balaban J connectivity index is 3.49. The second-order valence-corrected chi connectivity index (χ2v) is 1.84. The van der Waals surface area contributed by atoms with Gasteiger partial charge in [0.15, 0.2) is 0 Å². The minimum atomic E-state index is 0.799.